The second-order valence-corrected chi connectivity index (χ2v) is 14.6. The zero-order valence-electron chi connectivity index (χ0n) is 24.8. The van der Waals surface area contributed by atoms with Gasteiger partial charge >= 0.3 is 0 Å². The SMILES string of the molecule is CCCC1CC(=O)C2=C(C1)NC(C)=C(C#N)C2c1cc(Br)c(OCc2cccc(NS(=O)(=O)c3cccs3)c2)c(OCC)c1. The van der Waals surface area contributed by atoms with Crippen molar-refractivity contribution in [1.82, 2.24) is 5.32 Å². The standard InChI is InChI=1S/C33H34BrN3O5S2/c1-4-8-21-14-27-32(28(38)15-21)31(25(18-35)20(3)36-27)23-16-26(34)33(29(17-23)41-5-2)42-19-22-9-6-10-24(13-22)37-44(39,40)30-11-7-12-43-30/h6-7,9-13,16-17,21,31,36-37H,4-5,8,14-15,19H2,1-3H3. The molecule has 0 radical (unpaired) electrons. The number of sulfonamides is 1. The van der Waals surface area contributed by atoms with Crippen LogP contribution in [0.5, 0.6) is 11.5 Å². The first-order valence-corrected chi connectivity index (χ1v) is 17.7. The molecule has 2 atom stereocenters. The molecular formula is C33H34BrN3O5S2. The molecule has 1 aliphatic heterocycles. The van der Waals surface area contributed by atoms with Crippen molar-refractivity contribution in [1.29, 1.82) is 5.26 Å². The first kappa shape index (κ1) is 31.8. The summed E-state index contributed by atoms with van der Waals surface area (Å²) in [5.74, 6) is 0.812. The van der Waals surface area contributed by atoms with E-state index in [9.17, 15) is 18.5 Å². The van der Waals surface area contributed by atoms with E-state index in [1.165, 1.54) is 0 Å². The first-order chi connectivity index (χ1) is 21.1. The minimum atomic E-state index is -3.68. The highest BCUT2D eigenvalue weighted by Crippen LogP contribution is 2.47. The fraction of sp³-hybridized carbons (Fsp3) is 0.333. The molecule has 2 aromatic carbocycles. The molecule has 230 valence electrons. The lowest BCUT2D eigenvalue weighted by atomic mass is 9.72. The predicted molar refractivity (Wildman–Crippen MR) is 175 cm³/mol. The van der Waals surface area contributed by atoms with E-state index in [1.807, 2.05) is 32.0 Å². The van der Waals surface area contributed by atoms with Crippen molar-refractivity contribution in [2.24, 2.45) is 5.92 Å². The number of nitrogens with one attached hydrogen (secondary N) is 2. The summed E-state index contributed by atoms with van der Waals surface area (Å²) in [5, 5.41) is 15.3. The molecule has 3 aromatic rings. The van der Waals surface area contributed by atoms with Gasteiger partial charge in [0.2, 0.25) is 0 Å². The Labute approximate surface area is 271 Å². The van der Waals surface area contributed by atoms with Crippen molar-refractivity contribution in [2.45, 2.75) is 63.2 Å². The Bertz CT molecular complexity index is 1770. The van der Waals surface area contributed by atoms with Gasteiger partial charge in [0.15, 0.2) is 17.3 Å². The van der Waals surface area contributed by atoms with E-state index in [0.29, 0.717) is 51.8 Å². The number of dihydropyridines is 1. The van der Waals surface area contributed by atoms with Crippen LogP contribution in [0.25, 0.3) is 0 Å². The van der Waals surface area contributed by atoms with Crippen LogP contribution >= 0.6 is 27.3 Å². The summed E-state index contributed by atoms with van der Waals surface area (Å²) in [5.41, 5.74) is 4.78. The van der Waals surface area contributed by atoms with Crippen LogP contribution in [0.15, 0.2) is 85.1 Å². The van der Waals surface area contributed by atoms with Gasteiger partial charge in [-0.05, 0) is 95.4 Å². The smallest absolute Gasteiger partial charge is 0.271 e. The molecule has 11 heteroatoms. The van der Waals surface area contributed by atoms with Crippen LogP contribution in [-0.4, -0.2) is 20.8 Å². The summed E-state index contributed by atoms with van der Waals surface area (Å²) in [7, 11) is -3.68. The van der Waals surface area contributed by atoms with E-state index < -0.39 is 15.9 Å². The number of Topliss-reactive ketones (excluding diaryl/α,β-unsaturated/α-hetero) is 1. The van der Waals surface area contributed by atoms with Gasteiger partial charge in [0.1, 0.15) is 10.8 Å². The van der Waals surface area contributed by atoms with Gasteiger partial charge in [-0.2, -0.15) is 5.26 Å². The number of carbonyl (C=O) groups is 1. The van der Waals surface area contributed by atoms with Crippen molar-refractivity contribution >= 4 is 48.8 Å². The van der Waals surface area contributed by atoms with Gasteiger partial charge in [-0.1, -0.05) is 31.5 Å². The maximum Gasteiger partial charge on any atom is 0.271 e. The fourth-order valence-corrected chi connectivity index (χ4v) is 8.49. The number of rotatable bonds is 11. The molecule has 1 aliphatic carbocycles. The number of thiophene rings is 1. The summed E-state index contributed by atoms with van der Waals surface area (Å²) in [4.78, 5) is 13.5. The van der Waals surface area contributed by atoms with Crippen LogP contribution in [-0.2, 0) is 21.4 Å². The van der Waals surface area contributed by atoms with Gasteiger partial charge in [-0.3, -0.25) is 9.52 Å². The van der Waals surface area contributed by atoms with Crippen LogP contribution in [0, 0.1) is 17.2 Å². The second-order valence-electron chi connectivity index (χ2n) is 10.9. The van der Waals surface area contributed by atoms with Gasteiger partial charge < -0.3 is 14.8 Å². The van der Waals surface area contributed by atoms with Gasteiger partial charge in [0.25, 0.3) is 10.0 Å². The Balaban J connectivity index is 1.43. The van der Waals surface area contributed by atoms with Crippen molar-refractivity contribution in [3.05, 3.63) is 92.1 Å². The van der Waals surface area contributed by atoms with Crippen molar-refractivity contribution < 1.29 is 22.7 Å². The monoisotopic (exact) mass is 695 g/mol. The number of halogens is 1. The van der Waals surface area contributed by atoms with Crippen LogP contribution in [0.4, 0.5) is 5.69 Å². The zero-order valence-corrected chi connectivity index (χ0v) is 28.0. The molecule has 5 rings (SSSR count). The van der Waals surface area contributed by atoms with Crippen molar-refractivity contribution in [2.75, 3.05) is 11.3 Å². The predicted octanol–water partition coefficient (Wildman–Crippen LogP) is 7.81. The Morgan fingerprint density at radius 3 is 2.66 bits per heavy atom. The Morgan fingerprint density at radius 1 is 1.14 bits per heavy atom. The average Bonchev–Trinajstić information content (AvgIpc) is 3.53. The molecule has 0 bridgehead atoms. The van der Waals surface area contributed by atoms with E-state index in [2.05, 4.69) is 39.0 Å². The van der Waals surface area contributed by atoms with Gasteiger partial charge in [0, 0.05) is 29.1 Å². The summed E-state index contributed by atoms with van der Waals surface area (Å²) in [6, 6.07) is 16.4. The molecular weight excluding hydrogens is 662 g/mol. The third kappa shape index (κ3) is 6.72. The summed E-state index contributed by atoms with van der Waals surface area (Å²) >= 11 is 4.81. The molecule has 0 fully saturated rings. The highest BCUT2D eigenvalue weighted by atomic mass is 79.9. The van der Waals surface area contributed by atoms with Gasteiger partial charge in [-0.15, -0.1) is 11.3 Å². The maximum absolute atomic E-state index is 13.5. The third-order valence-corrected chi connectivity index (χ3v) is 11.1. The highest BCUT2D eigenvalue weighted by Gasteiger charge is 2.39. The molecule has 2 unspecified atom stereocenters. The zero-order chi connectivity index (χ0) is 31.4. The molecule has 2 aliphatic rings. The van der Waals surface area contributed by atoms with E-state index in [4.69, 9.17) is 9.47 Å². The second kappa shape index (κ2) is 13.6. The number of hydrogen-bond acceptors (Lipinski definition) is 8. The number of carbonyl (C=O) groups excluding carboxylic acids is 1. The van der Waals surface area contributed by atoms with Crippen molar-refractivity contribution in [3.8, 4) is 17.6 Å². The summed E-state index contributed by atoms with van der Waals surface area (Å²) in [6.07, 6.45) is 3.26. The molecule has 0 spiro atoms. The number of benzene rings is 2. The van der Waals surface area contributed by atoms with Gasteiger partial charge in [0.05, 0.1) is 28.6 Å². The Kier molecular flexibility index (Phi) is 9.83. The van der Waals surface area contributed by atoms with Crippen LogP contribution in [0.1, 0.15) is 63.5 Å². The minimum absolute atomic E-state index is 0.0754. The first-order valence-electron chi connectivity index (χ1n) is 14.5. The minimum Gasteiger partial charge on any atom is -0.490 e. The molecule has 0 saturated heterocycles. The lowest BCUT2D eigenvalue weighted by molar-refractivity contribution is -0.117. The quantitative estimate of drug-likeness (QED) is 0.210. The molecule has 8 nitrogen and oxygen atoms in total. The van der Waals surface area contributed by atoms with Gasteiger partial charge in [-0.25, -0.2) is 8.42 Å². The largest absolute Gasteiger partial charge is 0.490 e. The molecule has 0 saturated carbocycles. The maximum atomic E-state index is 13.5. The molecule has 44 heavy (non-hydrogen) atoms. The highest BCUT2D eigenvalue weighted by molar-refractivity contribution is 9.10. The molecule has 1 aromatic heterocycles. The average molecular weight is 697 g/mol. The normalized spacial score (nSPS) is 18.4. The van der Waals surface area contributed by atoms with Crippen molar-refractivity contribution in [3.63, 3.8) is 0 Å². The lowest BCUT2D eigenvalue weighted by Crippen LogP contribution is -2.34. The number of nitrogens with zero attached hydrogens (tertiary/aromatic N) is 1. The van der Waals surface area contributed by atoms with E-state index in [0.717, 1.165) is 53.1 Å². The molecule has 0 amide bonds. The Hall–Kier alpha value is -3.59. The van der Waals surface area contributed by atoms with Crippen LogP contribution in [0.3, 0.4) is 0 Å². The number of hydrogen-bond donors (Lipinski definition) is 2. The van der Waals surface area contributed by atoms with E-state index in [-0.39, 0.29) is 16.6 Å². The summed E-state index contributed by atoms with van der Waals surface area (Å²) in [6.45, 7) is 6.42. The fourth-order valence-electron chi connectivity index (χ4n) is 5.87. The number of ether oxygens (including phenoxy) is 2. The third-order valence-electron chi connectivity index (χ3n) is 7.72. The number of anilines is 1. The molecule has 2 heterocycles. The number of allylic oxidation sites excluding steroid dienone is 4. The number of ketones is 1. The van der Waals surface area contributed by atoms with E-state index >= 15 is 0 Å². The number of nitriles is 1. The molecule has 2 N–H and O–H groups in total. The summed E-state index contributed by atoms with van der Waals surface area (Å²) < 4.78 is 41.1. The lowest BCUT2D eigenvalue weighted by Gasteiger charge is -2.35. The topological polar surface area (TPSA) is 118 Å². The van der Waals surface area contributed by atoms with E-state index in [1.54, 1.807) is 35.7 Å². The van der Waals surface area contributed by atoms with Crippen LogP contribution < -0.4 is 19.5 Å². The Morgan fingerprint density at radius 2 is 1.95 bits per heavy atom. The van der Waals surface area contributed by atoms with Crippen LogP contribution in [0.2, 0.25) is 0 Å².